The Morgan fingerprint density at radius 3 is 2.48 bits per heavy atom. The predicted molar refractivity (Wildman–Crippen MR) is 94.3 cm³/mol. The zero-order valence-electron chi connectivity index (χ0n) is 13.6. The van der Waals surface area contributed by atoms with E-state index in [-0.39, 0.29) is 25.5 Å². The molecule has 1 radical (unpaired) electrons. The van der Waals surface area contributed by atoms with Crippen LogP contribution in [0.5, 0.6) is 0 Å². The fourth-order valence-electron chi connectivity index (χ4n) is 2.49. The van der Waals surface area contributed by atoms with E-state index in [0.29, 0.717) is 0 Å². The first-order valence-electron chi connectivity index (χ1n) is 7.65. The molecule has 0 bridgehead atoms. The Morgan fingerprint density at radius 2 is 1.78 bits per heavy atom. The van der Waals surface area contributed by atoms with Gasteiger partial charge in [-0.1, -0.05) is 67.6 Å². The largest absolute Gasteiger partial charge is 0.261 e. The Hall–Kier alpha value is -1.28. The summed E-state index contributed by atoms with van der Waals surface area (Å²) < 4.78 is 0. The van der Waals surface area contributed by atoms with E-state index < -0.39 is 0 Å². The summed E-state index contributed by atoms with van der Waals surface area (Å²) in [5.74, 6) is 0. The molecule has 0 aliphatic rings. The van der Waals surface area contributed by atoms with Gasteiger partial charge >= 0.3 is 0 Å². The molecule has 0 N–H and O–H groups in total. The van der Waals surface area contributed by atoms with Gasteiger partial charge in [-0.3, -0.25) is 16.3 Å². The summed E-state index contributed by atoms with van der Waals surface area (Å²) in [5.41, 5.74) is 3.39. The second-order valence-electron chi connectivity index (χ2n) is 5.94. The van der Waals surface area contributed by atoms with E-state index in [9.17, 15) is 0 Å². The van der Waals surface area contributed by atoms with Gasteiger partial charge in [0.25, 0.3) is 0 Å². The van der Waals surface area contributed by atoms with Crippen LogP contribution in [-0.4, -0.2) is 4.98 Å². The zero-order chi connectivity index (χ0) is 15.6. The third kappa shape index (κ3) is 3.80. The van der Waals surface area contributed by atoms with Crippen molar-refractivity contribution in [1.29, 1.82) is 0 Å². The molecule has 2 heterocycles. The number of nitrogens with zero attached hydrogens (tertiary/aromatic N) is 1. The third-order valence-corrected chi connectivity index (χ3v) is 5.39. The van der Waals surface area contributed by atoms with Gasteiger partial charge in [-0.2, -0.15) is 0 Å². The molecule has 3 aromatic rings. The van der Waals surface area contributed by atoms with Crippen molar-refractivity contribution in [3.05, 3.63) is 76.9 Å². The number of rotatable bonds is 4. The molecule has 0 saturated carbocycles. The fraction of sp³-hybridized carbons (Fsp3) is 0.250. The fourth-order valence-corrected chi connectivity index (χ4v) is 3.56. The summed E-state index contributed by atoms with van der Waals surface area (Å²) in [6.45, 7) is 6.60. The van der Waals surface area contributed by atoms with Crippen LogP contribution in [0.3, 0.4) is 0 Å². The smallest absolute Gasteiger partial charge is 0.0498 e. The molecular formula is C20H20IrNS-. The molecule has 3 rings (SSSR count). The van der Waals surface area contributed by atoms with E-state index >= 15 is 0 Å². The molecule has 1 aromatic carbocycles. The molecule has 121 valence electrons. The maximum absolute atomic E-state index is 4.81. The number of thiophene rings is 1. The maximum atomic E-state index is 4.81. The molecule has 0 saturated heterocycles. The summed E-state index contributed by atoms with van der Waals surface area (Å²) in [6.07, 6.45) is 0.966. The molecule has 23 heavy (non-hydrogen) atoms. The van der Waals surface area contributed by atoms with Crippen molar-refractivity contribution < 1.29 is 20.1 Å². The maximum Gasteiger partial charge on any atom is 0.0498 e. The Kier molecular flexibility index (Phi) is 5.91. The average molecular weight is 499 g/mol. The molecule has 0 atom stereocenters. The first-order chi connectivity index (χ1) is 10.6. The molecule has 0 spiro atoms. The van der Waals surface area contributed by atoms with Crippen molar-refractivity contribution >= 4 is 11.3 Å². The van der Waals surface area contributed by atoms with Gasteiger partial charge in [-0.25, -0.2) is 12.1 Å². The van der Waals surface area contributed by atoms with Crippen molar-refractivity contribution in [3.8, 4) is 10.4 Å². The molecular weight excluding hydrogens is 479 g/mol. The molecule has 0 aliphatic heterocycles. The van der Waals surface area contributed by atoms with Crippen LogP contribution in [0.2, 0.25) is 0 Å². The van der Waals surface area contributed by atoms with Crippen molar-refractivity contribution in [2.45, 2.75) is 32.6 Å². The van der Waals surface area contributed by atoms with Gasteiger partial charge in [0.2, 0.25) is 0 Å². The molecule has 2 aromatic heterocycles. The van der Waals surface area contributed by atoms with Crippen LogP contribution >= 0.6 is 11.3 Å². The molecule has 0 amide bonds. The first kappa shape index (κ1) is 18.1. The molecule has 0 fully saturated rings. The van der Waals surface area contributed by atoms with Crippen LogP contribution < -0.4 is 0 Å². The van der Waals surface area contributed by atoms with E-state index in [1.54, 1.807) is 11.3 Å². The predicted octanol–water partition coefficient (Wildman–Crippen LogP) is 5.50. The van der Waals surface area contributed by atoms with Gasteiger partial charge in [0.1, 0.15) is 0 Å². The van der Waals surface area contributed by atoms with E-state index in [4.69, 9.17) is 4.98 Å². The second-order valence-corrected chi connectivity index (χ2v) is 7.00. The van der Waals surface area contributed by atoms with E-state index in [1.807, 2.05) is 6.07 Å². The number of benzene rings is 1. The quantitative estimate of drug-likeness (QED) is 0.433. The Labute approximate surface area is 156 Å². The van der Waals surface area contributed by atoms with Crippen LogP contribution in [0, 0.1) is 6.07 Å². The topological polar surface area (TPSA) is 12.9 Å². The van der Waals surface area contributed by atoms with Gasteiger partial charge in [-0.15, -0.1) is 4.88 Å². The van der Waals surface area contributed by atoms with Crippen molar-refractivity contribution in [2.24, 2.45) is 0 Å². The zero-order valence-corrected chi connectivity index (χ0v) is 16.8. The Bertz CT molecular complexity index is 762. The average Bonchev–Trinajstić information content (AvgIpc) is 3.06. The minimum absolute atomic E-state index is 0. The SMILES string of the molecule is CCc1cccc(C(C)(C)c2[c-]cc(-c3ccccc3)s2)n1.[Ir]. The Balaban J connectivity index is 0.00000192. The number of pyridine rings is 1. The standard InChI is InChI=1S/C20H20NS.Ir/c1-4-16-11-8-12-18(21-16)20(2,3)19-14-13-17(22-19)15-9-6-5-7-10-15;/h5-13H,4H2,1-3H3;/q-1;. The number of hydrogen-bond donors (Lipinski definition) is 0. The van der Waals surface area contributed by atoms with Gasteiger partial charge < -0.3 is 0 Å². The second kappa shape index (κ2) is 7.53. The minimum atomic E-state index is -0.122. The number of aryl methyl sites for hydroxylation is 1. The van der Waals surface area contributed by atoms with Gasteiger partial charge in [0.15, 0.2) is 0 Å². The monoisotopic (exact) mass is 499 g/mol. The summed E-state index contributed by atoms with van der Waals surface area (Å²) in [4.78, 5) is 7.30. The van der Waals surface area contributed by atoms with Crippen LogP contribution in [0.4, 0.5) is 0 Å². The van der Waals surface area contributed by atoms with E-state index in [2.05, 4.69) is 75.4 Å². The Morgan fingerprint density at radius 1 is 1.04 bits per heavy atom. The van der Waals surface area contributed by atoms with Crippen LogP contribution in [0.25, 0.3) is 10.4 Å². The number of hydrogen-bond acceptors (Lipinski definition) is 2. The van der Waals surface area contributed by atoms with Gasteiger partial charge in [-0.05, 0) is 18.6 Å². The molecule has 0 aliphatic carbocycles. The third-order valence-electron chi connectivity index (χ3n) is 3.98. The van der Waals surface area contributed by atoms with Crippen molar-refractivity contribution in [2.75, 3.05) is 0 Å². The van der Waals surface area contributed by atoms with Crippen LogP contribution in [0.15, 0.2) is 54.6 Å². The molecule has 1 nitrogen and oxygen atoms in total. The first-order valence-corrected chi connectivity index (χ1v) is 8.46. The normalized spacial score (nSPS) is 11.1. The summed E-state index contributed by atoms with van der Waals surface area (Å²) in [5, 5.41) is 0. The molecule has 0 unspecified atom stereocenters. The van der Waals surface area contributed by atoms with Crippen LogP contribution in [-0.2, 0) is 31.9 Å². The van der Waals surface area contributed by atoms with E-state index in [1.165, 1.54) is 15.3 Å². The summed E-state index contributed by atoms with van der Waals surface area (Å²) in [6, 6.07) is 22.4. The van der Waals surface area contributed by atoms with Crippen molar-refractivity contribution in [1.82, 2.24) is 4.98 Å². The van der Waals surface area contributed by atoms with Gasteiger partial charge in [0.05, 0.1) is 0 Å². The summed E-state index contributed by atoms with van der Waals surface area (Å²) >= 11 is 1.81. The number of aromatic nitrogens is 1. The molecule has 3 heteroatoms. The van der Waals surface area contributed by atoms with E-state index in [0.717, 1.165) is 17.8 Å². The summed E-state index contributed by atoms with van der Waals surface area (Å²) in [7, 11) is 0. The van der Waals surface area contributed by atoms with Gasteiger partial charge in [0, 0.05) is 36.9 Å². The van der Waals surface area contributed by atoms with Crippen LogP contribution in [0.1, 0.15) is 37.0 Å². The van der Waals surface area contributed by atoms with Crippen molar-refractivity contribution in [3.63, 3.8) is 0 Å². The minimum Gasteiger partial charge on any atom is -0.261 e.